The van der Waals surface area contributed by atoms with Crippen LogP contribution in [-0.4, -0.2) is 81.7 Å². The summed E-state index contributed by atoms with van der Waals surface area (Å²) in [6.45, 7) is 7.33. The number of carbonyl (C=O) groups is 2. The topological polar surface area (TPSA) is 120 Å². The zero-order valence-corrected chi connectivity index (χ0v) is 26.9. The average Bonchev–Trinajstić information content (AvgIpc) is 3.68. The predicted octanol–water partition coefficient (Wildman–Crippen LogP) is 5.21. The molecule has 2 amide bonds. The van der Waals surface area contributed by atoms with Crippen LogP contribution in [0.5, 0.6) is 17.5 Å². The molecule has 3 aliphatic rings. The third-order valence-electron chi connectivity index (χ3n) is 10.1. The number of likely N-dealkylation sites (N-methyl/N-ethyl adjacent to an activating group) is 2. The number of benzene rings is 2. The molecular weight excluding hydrogens is 603 g/mol. The lowest BCUT2D eigenvalue weighted by molar-refractivity contribution is -0.129. The Bertz CT molecular complexity index is 1800. The van der Waals surface area contributed by atoms with Crippen molar-refractivity contribution in [3.63, 3.8) is 0 Å². The van der Waals surface area contributed by atoms with E-state index in [0.717, 1.165) is 45.1 Å². The van der Waals surface area contributed by atoms with E-state index in [1.165, 1.54) is 35.2 Å². The Morgan fingerprint density at radius 1 is 1.28 bits per heavy atom. The first-order chi connectivity index (χ1) is 22.5. The van der Waals surface area contributed by atoms with Gasteiger partial charge in [0.25, 0.3) is 0 Å². The Balaban J connectivity index is 1.39. The molecule has 6 rings (SSSR count). The Morgan fingerprint density at radius 3 is 2.72 bits per heavy atom. The fraction of sp³-hybridized carbons (Fsp3) is 0.429. The molecule has 47 heavy (non-hydrogen) atoms. The van der Waals surface area contributed by atoms with Gasteiger partial charge in [0.2, 0.25) is 5.91 Å². The second-order valence-electron chi connectivity index (χ2n) is 12.9. The molecule has 2 aliphatic heterocycles. The summed E-state index contributed by atoms with van der Waals surface area (Å²) in [4.78, 5) is 40.9. The molecule has 3 heterocycles. The van der Waals surface area contributed by atoms with E-state index in [-0.39, 0.29) is 58.0 Å². The van der Waals surface area contributed by atoms with Crippen molar-refractivity contribution < 1.29 is 28.6 Å². The normalized spacial score (nSPS) is 20.4. The van der Waals surface area contributed by atoms with Gasteiger partial charge in [-0.2, -0.15) is 9.97 Å². The fourth-order valence-corrected chi connectivity index (χ4v) is 7.01. The fourth-order valence-electron chi connectivity index (χ4n) is 7.01. The van der Waals surface area contributed by atoms with Gasteiger partial charge in [-0.1, -0.05) is 31.4 Å². The molecule has 1 aromatic heterocycles. The first-order valence-electron chi connectivity index (χ1n) is 15.8. The maximum absolute atomic E-state index is 14.8. The molecule has 246 valence electrons. The second-order valence-corrected chi connectivity index (χ2v) is 12.9. The first kappa shape index (κ1) is 32.1. The number of halogens is 1. The average molecular weight is 643 g/mol. The molecule has 2 fully saturated rings. The molecule has 2 N–H and O–H groups in total. The van der Waals surface area contributed by atoms with Crippen LogP contribution in [0.1, 0.15) is 56.7 Å². The Labute approximate surface area is 273 Å². The summed E-state index contributed by atoms with van der Waals surface area (Å²) in [6, 6.07) is 5.60. The predicted molar refractivity (Wildman–Crippen MR) is 176 cm³/mol. The van der Waals surface area contributed by atoms with Gasteiger partial charge in [-0.15, -0.1) is 6.42 Å². The van der Waals surface area contributed by atoms with Crippen LogP contribution in [-0.2, 0) is 11.3 Å². The number of anilines is 2. The summed E-state index contributed by atoms with van der Waals surface area (Å²) in [5.41, 5.74) is -0.227. The summed E-state index contributed by atoms with van der Waals surface area (Å²) in [5.74, 6) is 1.81. The van der Waals surface area contributed by atoms with Crippen LogP contribution in [0.3, 0.4) is 0 Å². The first-order valence-corrected chi connectivity index (χ1v) is 15.8. The Morgan fingerprint density at radius 2 is 2.04 bits per heavy atom. The third kappa shape index (κ3) is 5.80. The van der Waals surface area contributed by atoms with Crippen molar-refractivity contribution in [3.05, 3.63) is 54.0 Å². The number of hydrogen-bond acceptors (Lipinski definition) is 9. The number of likely N-dealkylation sites (tertiary alicyclic amines) is 1. The van der Waals surface area contributed by atoms with Gasteiger partial charge in [0.1, 0.15) is 23.9 Å². The number of nitrogens with one attached hydrogen (secondary N) is 1. The van der Waals surface area contributed by atoms with E-state index in [1.807, 2.05) is 0 Å². The Kier molecular flexibility index (Phi) is 8.44. The molecular formula is C35H39FN6O5. The molecule has 3 aromatic rings. The van der Waals surface area contributed by atoms with E-state index in [9.17, 15) is 19.1 Å². The van der Waals surface area contributed by atoms with Gasteiger partial charge in [0, 0.05) is 25.0 Å². The van der Waals surface area contributed by atoms with Gasteiger partial charge >= 0.3 is 12.1 Å². The van der Waals surface area contributed by atoms with Gasteiger partial charge in [0.15, 0.2) is 11.6 Å². The lowest BCUT2D eigenvalue weighted by Gasteiger charge is -2.39. The molecule has 1 atom stereocenters. The maximum Gasteiger partial charge on any atom is 0.420 e. The quantitative estimate of drug-likeness (QED) is 0.240. The SMILES string of the molecule is C#Cc1c(F)ccc2cc(O)cc(N3Cc4nc(OC[C@]5(C)CCCN5C)nc(NCC5(N(C)C(=O)C=C)CCCC5)c4OC3=O)c12. The minimum atomic E-state index is -0.786. The lowest BCUT2D eigenvalue weighted by Crippen LogP contribution is -2.51. The molecule has 0 spiro atoms. The van der Waals surface area contributed by atoms with Crippen molar-refractivity contribution in [2.24, 2.45) is 0 Å². The largest absolute Gasteiger partial charge is 0.508 e. The second kappa shape index (κ2) is 12.4. The number of aromatic hydroxyl groups is 1. The molecule has 0 radical (unpaired) electrons. The van der Waals surface area contributed by atoms with Gasteiger partial charge in [0.05, 0.1) is 28.9 Å². The number of rotatable bonds is 9. The summed E-state index contributed by atoms with van der Waals surface area (Å²) < 4.78 is 26.9. The molecule has 1 aliphatic carbocycles. The highest BCUT2D eigenvalue weighted by Crippen LogP contribution is 2.42. The van der Waals surface area contributed by atoms with E-state index in [2.05, 4.69) is 46.7 Å². The van der Waals surface area contributed by atoms with Crippen LogP contribution in [0.2, 0.25) is 0 Å². The van der Waals surface area contributed by atoms with Crippen molar-refractivity contribution in [2.45, 2.75) is 63.1 Å². The van der Waals surface area contributed by atoms with E-state index < -0.39 is 17.4 Å². The molecule has 1 saturated carbocycles. The van der Waals surface area contributed by atoms with Crippen molar-refractivity contribution in [3.8, 4) is 29.9 Å². The smallest absolute Gasteiger partial charge is 0.420 e. The summed E-state index contributed by atoms with van der Waals surface area (Å²) in [5, 5.41) is 14.6. The number of terminal acetylenes is 1. The Hall–Kier alpha value is -4.89. The standard InChI is InChI=1S/C35H39FN6O5/c1-6-24-25(36)12-11-22-17-23(43)18-27(29(22)24)42-19-26-30(47-33(42)45)31(37-20-35(14-8-9-15-35)41(5)28(44)7-2)39-32(38-26)46-21-34(3)13-10-16-40(34)4/h1,7,11-12,17-18,43H,2,8-10,13-16,19-21H2,3-5H3,(H,37,38,39)/t34-/m0/s1. The summed E-state index contributed by atoms with van der Waals surface area (Å²) >= 11 is 0. The van der Waals surface area contributed by atoms with Crippen molar-refractivity contribution in [1.82, 2.24) is 19.8 Å². The molecule has 11 nitrogen and oxygen atoms in total. The number of ether oxygens (including phenoxy) is 2. The van der Waals surface area contributed by atoms with Gasteiger partial charge in [-0.25, -0.2) is 9.18 Å². The van der Waals surface area contributed by atoms with E-state index in [0.29, 0.717) is 24.2 Å². The number of fused-ring (bicyclic) bond motifs is 2. The zero-order valence-electron chi connectivity index (χ0n) is 26.9. The molecule has 1 saturated heterocycles. The van der Waals surface area contributed by atoms with Crippen LogP contribution in [0.25, 0.3) is 10.8 Å². The number of nitrogens with zero attached hydrogens (tertiary/aromatic N) is 5. The van der Waals surface area contributed by atoms with Crippen LogP contribution in [0, 0.1) is 18.2 Å². The van der Waals surface area contributed by atoms with Crippen LogP contribution in [0.4, 0.5) is 20.7 Å². The number of carbonyl (C=O) groups excluding carboxylic acids is 2. The molecule has 0 unspecified atom stereocenters. The van der Waals surface area contributed by atoms with Gasteiger partial charge in [-0.3, -0.25) is 14.6 Å². The number of amides is 2. The highest BCUT2D eigenvalue weighted by atomic mass is 19.1. The number of aromatic nitrogens is 2. The maximum atomic E-state index is 14.8. The summed E-state index contributed by atoms with van der Waals surface area (Å²) in [6.07, 6.45) is 11.7. The third-order valence-corrected chi connectivity index (χ3v) is 10.1. The molecule has 0 bridgehead atoms. The number of phenolic OH excluding ortho intramolecular Hbond substituents is 1. The minimum Gasteiger partial charge on any atom is -0.508 e. The van der Waals surface area contributed by atoms with Crippen molar-refractivity contribution in [1.29, 1.82) is 0 Å². The highest BCUT2D eigenvalue weighted by molar-refractivity contribution is 6.06. The number of phenols is 1. The monoisotopic (exact) mass is 642 g/mol. The lowest BCUT2D eigenvalue weighted by atomic mass is 9.95. The highest BCUT2D eigenvalue weighted by Gasteiger charge is 2.41. The molecule has 2 aromatic carbocycles. The van der Waals surface area contributed by atoms with E-state index in [4.69, 9.17) is 15.9 Å². The minimum absolute atomic E-state index is 0.0425. The van der Waals surface area contributed by atoms with Crippen molar-refractivity contribution >= 4 is 34.3 Å². The van der Waals surface area contributed by atoms with Crippen LogP contribution < -0.4 is 19.7 Å². The van der Waals surface area contributed by atoms with E-state index in [1.54, 1.807) is 11.9 Å². The van der Waals surface area contributed by atoms with Crippen molar-refractivity contribution in [2.75, 3.05) is 44.0 Å². The number of hydrogen-bond donors (Lipinski definition) is 2. The van der Waals surface area contributed by atoms with Gasteiger partial charge < -0.3 is 24.8 Å². The van der Waals surface area contributed by atoms with Gasteiger partial charge in [-0.05, 0) is 69.8 Å². The van der Waals surface area contributed by atoms with E-state index >= 15 is 0 Å². The van der Waals surface area contributed by atoms with Crippen LogP contribution >= 0.6 is 0 Å². The van der Waals surface area contributed by atoms with Crippen LogP contribution in [0.15, 0.2) is 36.9 Å². The summed E-state index contributed by atoms with van der Waals surface area (Å²) in [7, 11) is 3.83. The zero-order chi connectivity index (χ0) is 33.5. The molecule has 12 heteroatoms.